The molecule has 8 heteroatoms. The Bertz CT molecular complexity index is 532. The number of halogens is 2. The molecule has 0 saturated heterocycles. The Morgan fingerprint density at radius 3 is 2.50 bits per heavy atom. The molecule has 0 fully saturated rings. The van der Waals surface area contributed by atoms with E-state index in [0.717, 1.165) is 6.07 Å². The number of nitrogens with one attached hydrogen (secondary N) is 1. The quantitative estimate of drug-likeness (QED) is 0.840. The van der Waals surface area contributed by atoms with Gasteiger partial charge in [-0.1, -0.05) is 12.1 Å². The van der Waals surface area contributed by atoms with Crippen LogP contribution in [0.15, 0.2) is 29.2 Å². The van der Waals surface area contributed by atoms with E-state index in [-0.39, 0.29) is 18.7 Å². The van der Waals surface area contributed by atoms with E-state index in [1.807, 2.05) is 0 Å². The van der Waals surface area contributed by atoms with Crippen LogP contribution in [0.25, 0.3) is 0 Å². The number of nitrogens with two attached hydrogens (primary N) is 1. The van der Waals surface area contributed by atoms with Crippen molar-refractivity contribution in [2.45, 2.75) is 17.1 Å². The Morgan fingerprint density at radius 2 is 1.94 bits per heavy atom. The SMILES string of the molecule is NCCC(=O)Nc1ccccc1S(=O)(=O)C(F)F. The summed E-state index contributed by atoms with van der Waals surface area (Å²) in [6.07, 6.45) is -0.0247. The Morgan fingerprint density at radius 1 is 1.33 bits per heavy atom. The Kier molecular flexibility index (Phi) is 4.74. The number of sulfone groups is 1. The van der Waals surface area contributed by atoms with Crippen molar-refractivity contribution in [1.82, 2.24) is 0 Å². The van der Waals surface area contributed by atoms with Crippen LogP contribution in [-0.2, 0) is 14.6 Å². The van der Waals surface area contributed by atoms with E-state index < -0.39 is 26.4 Å². The van der Waals surface area contributed by atoms with Crippen molar-refractivity contribution in [2.75, 3.05) is 11.9 Å². The molecule has 100 valence electrons. The van der Waals surface area contributed by atoms with Crippen LogP contribution < -0.4 is 11.1 Å². The molecule has 1 aromatic carbocycles. The van der Waals surface area contributed by atoms with Crippen LogP contribution in [0.5, 0.6) is 0 Å². The molecule has 0 saturated carbocycles. The molecular formula is C10H12F2N2O3S. The van der Waals surface area contributed by atoms with Gasteiger partial charge >= 0.3 is 5.76 Å². The smallest absolute Gasteiger partial charge is 0.330 e. The topological polar surface area (TPSA) is 89.3 Å². The van der Waals surface area contributed by atoms with E-state index in [4.69, 9.17) is 5.73 Å². The van der Waals surface area contributed by atoms with Gasteiger partial charge in [-0.15, -0.1) is 0 Å². The highest BCUT2D eigenvalue weighted by Crippen LogP contribution is 2.26. The van der Waals surface area contributed by atoms with E-state index in [1.165, 1.54) is 18.2 Å². The third-order valence-electron chi connectivity index (χ3n) is 2.07. The number of hydrogen-bond donors (Lipinski definition) is 2. The van der Waals surface area contributed by atoms with Gasteiger partial charge in [-0.2, -0.15) is 8.78 Å². The largest absolute Gasteiger partial charge is 0.341 e. The first-order valence-corrected chi connectivity index (χ1v) is 6.55. The summed E-state index contributed by atoms with van der Waals surface area (Å²) in [6.45, 7) is 0.0790. The van der Waals surface area contributed by atoms with Gasteiger partial charge < -0.3 is 11.1 Å². The lowest BCUT2D eigenvalue weighted by Gasteiger charge is -2.10. The lowest BCUT2D eigenvalue weighted by Crippen LogP contribution is -2.19. The predicted octanol–water partition coefficient (Wildman–Crippen LogP) is 0.970. The van der Waals surface area contributed by atoms with Crippen LogP contribution in [0.3, 0.4) is 0 Å². The number of anilines is 1. The monoisotopic (exact) mass is 278 g/mol. The Balaban J connectivity index is 3.12. The van der Waals surface area contributed by atoms with Crippen LogP contribution in [0.4, 0.5) is 14.5 Å². The van der Waals surface area contributed by atoms with Crippen LogP contribution in [0.2, 0.25) is 0 Å². The molecule has 0 aliphatic heterocycles. The van der Waals surface area contributed by atoms with Crippen LogP contribution in [0.1, 0.15) is 6.42 Å². The number of hydrogen-bond acceptors (Lipinski definition) is 4. The summed E-state index contributed by atoms with van der Waals surface area (Å²) in [7, 11) is -4.75. The first-order valence-electron chi connectivity index (χ1n) is 5.00. The van der Waals surface area contributed by atoms with Gasteiger partial charge in [-0.25, -0.2) is 8.42 Å². The number of carbonyl (C=O) groups excluding carboxylic acids is 1. The maximum Gasteiger partial charge on any atom is 0.341 e. The number of rotatable bonds is 5. The predicted molar refractivity (Wildman–Crippen MR) is 61.9 cm³/mol. The summed E-state index contributed by atoms with van der Waals surface area (Å²) in [5, 5.41) is 2.24. The molecule has 1 amide bonds. The molecule has 0 bridgehead atoms. The van der Waals surface area contributed by atoms with Crippen molar-refractivity contribution >= 4 is 21.4 Å². The van der Waals surface area contributed by atoms with Gasteiger partial charge in [0.25, 0.3) is 0 Å². The van der Waals surface area contributed by atoms with Crippen LogP contribution >= 0.6 is 0 Å². The summed E-state index contributed by atoms with van der Waals surface area (Å²) in [5.74, 6) is -4.07. The first kappa shape index (κ1) is 14.5. The highest BCUT2D eigenvalue weighted by Gasteiger charge is 2.29. The molecule has 3 N–H and O–H groups in total. The van der Waals surface area contributed by atoms with Crippen LogP contribution in [-0.4, -0.2) is 26.6 Å². The van der Waals surface area contributed by atoms with Crippen molar-refractivity contribution in [1.29, 1.82) is 0 Å². The van der Waals surface area contributed by atoms with Crippen molar-refractivity contribution < 1.29 is 22.0 Å². The number of carbonyl (C=O) groups is 1. The van der Waals surface area contributed by atoms with Crippen LogP contribution in [0, 0.1) is 0 Å². The maximum absolute atomic E-state index is 12.4. The summed E-state index contributed by atoms with van der Waals surface area (Å²) < 4.78 is 47.6. The van der Waals surface area contributed by atoms with Gasteiger partial charge in [0.15, 0.2) is 0 Å². The second-order valence-corrected chi connectivity index (χ2v) is 5.27. The molecular weight excluding hydrogens is 266 g/mol. The summed E-state index contributed by atoms with van der Waals surface area (Å²) in [5.41, 5.74) is 4.99. The summed E-state index contributed by atoms with van der Waals surface area (Å²) in [6, 6.07) is 4.99. The zero-order valence-corrected chi connectivity index (χ0v) is 10.1. The number of alkyl halides is 2. The maximum atomic E-state index is 12.4. The molecule has 0 heterocycles. The normalized spacial score (nSPS) is 11.6. The average Bonchev–Trinajstić information content (AvgIpc) is 2.29. The highest BCUT2D eigenvalue weighted by molar-refractivity contribution is 7.91. The molecule has 0 aliphatic carbocycles. The van der Waals surface area contributed by atoms with E-state index in [0.29, 0.717) is 0 Å². The Labute approximate surface area is 103 Å². The second kappa shape index (κ2) is 5.87. The minimum absolute atomic E-state index is 0.0247. The zero-order valence-electron chi connectivity index (χ0n) is 9.27. The fourth-order valence-corrected chi connectivity index (χ4v) is 2.14. The second-order valence-electron chi connectivity index (χ2n) is 3.39. The van der Waals surface area contributed by atoms with Crippen molar-refractivity contribution in [3.8, 4) is 0 Å². The zero-order chi connectivity index (χ0) is 13.8. The molecule has 5 nitrogen and oxygen atoms in total. The highest BCUT2D eigenvalue weighted by atomic mass is 32.2. The molecule has 0 spiro atoms. The molecule has 0 atom stereocenters. The summed E-state index contributed by atoms with van der Waals surface area (Å²) in [4.78, 5) is 10.7. The van der Waals surface area contributed by atoms with Gasteiger partial charge in [0, 0.05) is 13.0 Å². The fraction of sp³-hybridized carbons (Fsp3) is 0.300. The van der Waals surface area contributed by atoms with E-state index in [2.05, 4.69) is 5.32 Å². The lowest BCUT2D eigenvalue weighted by atomic mass is 10.3. The van der Waals surface area contributed by atoms with Gasteiger partial charge in [0.1, 0.15) is 0 Å². The number of benzene rings is 1. The third-order valence-corrected chi connectivity index (χ3v) is 3.51. The van der Waals surface area contributed by atoms with E-state index in [1.54, 1.807) is 0 Å². The van der Waals surface area contributed by atoms with Gasteiger partial charge in [-0.3, -0.25) is 4.79 Å². The van der Waals surface area contributed by atoms with Gasteiger partial charge in [0.2, 0.25) is 15.7 Å². The third kappa shape index (κ3) is 3.23. The molecule has 1 rings (SSSR count). The minimum atomic E-state index is -4.75. The lowest BCUT2D eigenvalue weighted by molar-refractivity contribution is -0.116. The average molecular weight is 278 g/mol. The minimum Gasteiger partial charge on any atom is -0.330 e. The first-order chi connectivity index (χ1) is 8.39. The van der Waals surface area contributed by atoms with Crippen molar-refractivity contribution in [2.24, 2.45) is 5.73 Å². The summed E-state index contributed by atoms with van der Waals surface area (Å²) >= 11 is 0. The van der Waals surface area contributed by atoms with Gasteiger partial charge in [0.05, 0.1) is 10.6 Å². The molecule has 1 aromatic rings. The fourth-order valence-electron chi connectivity index (χ4n) is 1.26. The van der Waals surface area contributed by atoms with Crippen molar-refractivity contribution in [3.05, 3.63) is 24.3 Å². The van der Waals surface area contributed by atoms with Crippen molar-refractivity contribution in [3.63, 3.8) is 0 Å². The number of amides is 1. The Hall–Kier alpha value is -1.54. The molecule has 0 aromatic heterocycles. The van der Waals surface area contributed by atoms with E-state index in [9.17, 15) is 22.0 Å². The van der Waals surface area contributed by atoms with Gasteiger partial charge in [-0.05, 0) is 12.1 Å². The number of para-hydroxylation sites is 1. The molecule has 18 heavy (non-hydrogen) atoms. The molecule has 0 aliphatic rings. The molecule has 0 radical (unpaired) electrons. The standard InChI is InChI=1S/C10H12F2N2O3S/c11-10(12)18(16,17)8-4-2-1-3-7(8)14-9(15)5-6-13/h1-4,10H,5-6,13H2,(H,14,15). The molecule has 0 unspecified atom stereocenters. The van der Waals surface area contributed by atoms with E-state index >= 15 is 0 Å².